The SMILES string of the molecule is Cc1cc(C)c2c(c1)c(C1(CN)CC1)cn2C. The Balaban J connectivity index is 2.34. The van der Waals surface area contributed by atoms with Gasteiger partial charge in [-0.2, -0.15) is 0 Å². The minimum absolute atomic E-state index is 0.278. The first kappa shape index (κ1) is 10.8. The molecule has 90 valence electrons. The van der Waals surface area contributed by atoms with Crippen LogP contribution in [0.3, 0.4) is 0 Å². The number of hydrogen-bond acceptors (Lipinski definition) is 1. The zero-order valence-corrected chi connectivity index (χ0v) is 10.9. The van der Waals surface area contributed by atoms with E-state index in [1.807, 2.05) is 0 Å². The minimum Gasteiger partial charge on any atom is -0.350 e. The Morgan fingerprint density at radius 2 is 2.00 bits per heavy atom. The number of hydrogen-bond donors (Lipinski definition) is 1. The van der Waals surface area contributed by atoms with E-state index in [1.165, 1.54) is 40.4 Å². The van der Waals surface area contributed by atoms with Crippen LogP contribution in [-0.2, 0) is 12.5 Å². The molecule has 2 aromatic rings. The first-order valence-electron chi connectivity index (χ1n) is 6.34. The van der Waals surface area contributed by atoms with Crippen LogP contribution in [0.25, 0.3) is 10.9 Å². The summed E-state index contributed by atoms with van der Waals surface area (Å²) >= 11 is 0. The van der Waals surface area contributed by atoms with E-state index in [2.05, 4.69) is 43.8 Å². The van der Waals surface area contributed by atoms with Gasteiger partial charge in [0.1, 0.15) is 0 Å². The Bertz CT molecular complexity index is 588. The van der Waals surface area contributed by atoms with Gasteiger partial charge in [0.05, 0.1) is 5.52 Å². The topological polar surface area (TPSA) is 30.9 Å². The van der Waals surface area contributed by atoms with E-state index in [0.717, 1.165) is 6.54 Å². The van der Waals surface area contributed by atoms with Gasteiger partial charge >= 0.3 is 0 Å². The third-order valence-electron chi connectivity index (χ3n) is 4.23. The Morgan fingerprint density at radius 1 is 1.29 bits per heavy atom. The normalized spacial score (nSPS) is 17.6. The molecule has 3 rings (SSSR count). The zero-order valence-electron chi connectivity index (χ0n) is 10.9. The number of fused-ring (bicyclic) bond motifs is 1. The number of aryl methyl sites for hydroxylation is 3. The van der Waals surface area contributed by atoms with Gasteiger partial charge in [-0.3, -0.25) is 0 Å². The predicted octanol–water partition coefficient (Wildman–Crippen LogP) is 2.79. The van der Waals surface area contributed by atoms with Crippen LogP contribution in [0.5, 0.6) is 0 Å². The fourth-order valence-corrected chi connectivity index (χ4v) is 3.12. The maximum Gasteiger partial charge on any atom is 0.0510 e. The third kappa shape index (κ3) is 1.44. The number of nitrogens with two attached hydrogens (primary N) is 1. The second-order valence-corrected chi connectivity index (χ2v) is 5.62. The van der Waals surface area contributed by atoms with Gasteiger partial charge < -0.3 is 10.3 Å². The lowest BCUT2D eigenvalue weighted by Gasteiger charge is -2.11. The molecule has 1 aliphatic carbocycles. The second kappa shape index (κ2) is 3.36. The van der Waals surface area contributed by atoms with Crippen LogP contribution < -0.4 is 5.73 Å². The van der Waals surface area contributed by atoms with E-state index in [9.17, 15) is 0 Å². The highest BCUT2D eigenvalue weighted by atomic mass is 14.9. The van der Waals surface area contributed by atoms with Crippen molar-refractivity contribution in [2.24, 2.45) is 12.8 Å². The summed E-state index contributed by atoms with van der Waals surface area (Å²) in [7, 11) is 2.14. The van der Waals surface area contributed by atoms with Crippen LogP contribution in [0.2, 0.25) is 0 Å². The van der Waals surface area contributed by atoms with Crippen LogP contribution in [0, 0.1) is 13.8 Å². The standard InChI is InChI=1S/C15H20N2/c1-10-6-11(2)14-12(7-10)13(8-17(14)3)15(9-16)4-5-15/h6-8H,4-5,9,16H2,1-3H3. The molecular formula is C15H20N2. The van der Waals surface area contributed by atoms with E-state index in [4.69, 9.17) is 5.73 Å². The molecule has 0 atom stereocenters. The molecule has 2 N–H and O–H groups in total. The second-order valence-electron chi connectivity index (χ2n) is 5.62. The predicted molar refractivity (Wildman–Crippen MR) is 72.4 cm³/mol. The van der Waals surface area contributed by atoms with Crippen molar-refractivity contribution in [3.8, 4) is 0 Å². The van der Waals surface area contributed by atoms with E-state index in [0.29, 0.717) is 0 Å². The van der Waals surface area contributed by atoms with E-state index in [-0.39, 0.29) is 5.41 Å². The molecule has 0 saturated heterocycles. The molecule has 1 aliphatic rings. The Morgan fingerprint density at radius 3 is 2.59 bits per heavy atom. The average Bonchev–Trinajstić information content (AvgIpc) is 2.99. The summed E-state index contributed by atoms with van der Waals surface area (Å²) in [6.45, 7) is 5.14. The fourth-order valence-electron chi connectivity index (χ4n) is 3.12. The summed E-state index contributed by atoms with van der Waals surface area (Å²) in [5, 5.41) is 1.41. The molecule has 1 heterocycles. The number of nitrogens with zero attached hydrogens (tertiary/aromatic N) is 1. The smallest absolute Gasteiger partial charge is 0.0510 e. The van der Waals surface area contributed by atoms with Gasteiger partial charge in [-0.25, -0.2) is 0 Å². The molecule has 0 bridgehead atoms. The molecule has 0 radical (unpaired) electrons. The summed E-state index contributed by atoms with van der Waals surface area (Å²) in [5.74, 6) is 0. The average molecular weight is 228 g/mol. The van der Waals surface area contributed by atoms with Crippen LogP contribution >= 0.6 is 0 Å². The third-order valence-corrected chi connectivity index (χ3v) is 4.23. The molecule has 17 heavy (non-hydrogen) atoms. The van der Waals surface area contributed by atoms with Crippen LogP contribution in [-0.4, -0.2) is 11.1 Å². The molecular weight excluding hydrogens is 208 g/mol. The molecule has 1 aromatic heterocycles. The maximum atomic E-state index is 5.97. The lowest BCUT2D eigenvalue weighted by molar-refractivity contribution is 0.706. The molecule has 0 unspecified atom stereocenters. The van der Waals surface area contributed by atoms with Crippen molar-refractivity contribution >= 4 is 10.9 Å². The van der Waals surface area contributed by atoms with Gasteiger partial charge in [-0.1, -0.05) is 11.6 Å². The van der Waals surface area contributed by atoms with Crippen LogP contribution in [0.1, 0.15) is 29.5 Å². The van der Waals surface area contributed by atoms with E-state index >= 15 is 0 Å². The summed E-state index contributed by atoms with van der Waals surface area (Å²) in [4.78, 5) is 0. The first-order chi connectivity index (χ1) is 8.07. The summed E-state index contributed by atoms with van der Waals surface area (Å²) < 4.78 is 2.26. The highest BCUT2D eigenvalue weighted by Gasteiger charge is 2.44. The zero-order chi connectivity index (χ0) is 12.2. The molecule has 2 heteroatoms. The van der Waals surface area contributed by atoms with Crippen LogP contribution in [0.15, 0.2) is 18.3 Å². The molecule has 1 fully saturated rings. The van der Waals surface area contributed by atoms with Gasteiger partial charge in [0.25, 0.3) is 0 Å². The van der Waals surface area contributed by atoms with Crippen molar-refractivity contribution < 1.29 is 0 Å². The van der Waals surface area contributed by atoms with Crippen molar-refractivity contribution in [1.82, 2.24) is 4.57 Å². The molecule has 1 aromatic carbocycles. The van der Waals surface area contributed by atoms with Crippen molar-refractivity contribution in [1.29, 1.82) is 0 Å². The van der Waals surface area contributed by atoms with Crippen molar-refractivity contribution in [2.75, 3.05) is 6.54 Å². The molecule has 0 aliphatic heterocycles. The highest BCUT2D eigenvalue weighted by molar-refractivity contribution is 5.89. The molecule has 2 nitrogen and oxygen atoms in total. The number of rotatable bonds is 2. The Labute approximate surface area is 102 Å². The van der Waals surface area contributed by atoms with E-state index < -0.39 is 0 Å². The van der Waals surface area contributed by atoms with E-state index in [1.54, 1.807) is 0 Å². The van der Waals surface area contributed by atoms with Crippen LogP contribution in [0.4, 0.5) is 0 Å². The van der Waals surface area contributed by atoms with Crippen molar-refractivity contribution in [3.05, 3.63) is 35.0 Å². The van der Waals surface area contributed by atoms with Gasteiger partial charge in [0.2, 0.25) is 0 Å². The quantitative estimate of drug-likeness (QED) is 0.842. The summed E-state index contributed by atoms with van der Waals surface area (Å²) in [6.07, 6.45) is 4.78. The van der Waals surface area contributed by atoms with Crippen molar-refractivity contribution in [3.63, 3.8) is 0 Å². The number of benzene rings is 1. The summed E-state index contributed by atoms with van der Waals surface area (Å²) in [5.41, 5.74) is 11.8. The summed E-state index contributed by atoms with van der Waals surface area (Å²) in [6, 6.07) is 4.57. The Hall–Kier alpha value is -1.28. The van der Waals surface area contributed by atoms with Gasteiger partial charge in [0.15, 0.2) is 0 Å². The maximum absolute atomic E-state index is 5.97. The van der Waals surface area contributed by atoms with Gasteiger partial charge in [-0.15, -0.1) is 0 Å². The lowest BCUT2D eigenvalue weighted by Crippen LogP contribution is -2.19. The van der Waals surface area contributed by atoms with Crippen molar-refractivity contribution in [2.45, 2.75) is 32.1 Å². The molecule has 0 spiro atoms. The minimum atomic E-state index is 0.278. The lowest BCUT2D eigenvalue weighted by atomic mass is 9.94. The Kier molecular flexibility index (Phi) is 2.14. The largest absolute Gasteiger partial charge is 0.350 e. The highest BCUT2D eigenvalue weighted by Crippen LogP contribution is 2.50. The monoisotopic (exact) mass is 228 g/mol. The first-order valence-corrected chi connectivity index (χ1v) is 6.34. The van der Waals surface area contributed by atoms with Gasteiger partial charge in [-0.05, 0) is 43.9 Å². The molecule has 0 amide bonds. The van der Waals surface area contributed by atoms with Gasteiger partial charge in [0, 0.05) is 30.6 Å². The fraction of sp³-hybridized carbons (Fsp3) is 0.467. The molecule has 1 saturated carbocycles. The number of aromatic nitrogens is 1.